The molecule has 6 heteroatoms. The number of hydrogen-bond acceptors (Lipinski definition) is 3. The van der Waals surface area contributed by atoms with E-state index in [9.17, 15) is 9.59 Å². The van der Waals surface area contributed by atoms with Crippen molar-refractivity contribution in [2.24, 2.45) is 44.8 Å². The zero-order chi connectivity index (χ0) is 16.7. The minimum Gasteiger partial charge on any atom is -0.325 e. The first-order valence-electron chi connectivity index (χ1n) is 9.09. The Morgan fingerprint density at radius 1 is 0.875 bits per heavy atom. The summed E-state index contributed by atoms with van der Waals surface area (Å²) in [6.07, 6.45) is 6.68. The predicted molar refractivity (Wildman–Crippen MR) is 91.0 cm³/mol. The lowest BCUT2D eigenvalue weighted by Gasteiger charge is -2.23. The van der Waals surface area contributed by atoms with Gasteiger partial charge in [-0.2, -0.15) is 0 Å². The van der Waals surface area contributed by atoms with Gasteiger partial charge in [0.1, 0.15) is 5.82 Å². The summed E-state index contributed by atoms with van der Waals surface area (Å²) in [4.78, 5) is 29.5. The van der Waals surface area contributed by atoms with Crippen LogP contribution in [0.3, 0.4) is 0 Å². The maximum atomic E-state index is 12.5. The molecule has 0 radical (unpaired) electrons. The summed E-state index contributed by atoms with van der Waals surface area (Å²) in [6, 6.07) is 0. The molecule has 0 N–H and O–H groups in total. The second-order valence-electron chi connectivity index (χ2n) is 8.24. The van der Waals surface area contributed by atoms with Crippen LogP contribution in [0.15, 0.2) is 9.59 Å². The Kier molecular flexibility index (Phi) is 2.78. The first kappa shape index (κ1) is 14.5. The van der Waals surface area contributed by atoms with Gasteiger partial charge >= 0.3 is 5.69 Å². The van der Waals surface area contributed by atoms with Gasteiger partial charge < -0.3 is 4.57 Å². The predicted octanol–water partition coefficient (Wildman–Crippen LogP) is 1.51. The van der Waals surface area contributed by atoms with E-state index < -0.39 is 0 Å². The number of imidazole rings is 1. The highest BCUT2D eigenvalue weighted by atomic mass is 16.2. The van der Waals surface area contributed by atoms with E-state index in [4.69, 9.17) is 4.98 Å². The fraction of sp³-hybridized carbons (Fsp3) is 0.722. The van der Waals surface area contributed by atoms with E-state index in [1.165, 1.54) is 48.3 Å². The number of nitrogens with zero attached hydrogens (tertiary/aromatic N) is 4. The molecule has 2 aromatic rings. The van der Waals surface area contributed by atoms with E-state index in [-0.39, 0.29) is 11.2 Å². The standard InChI is InChI=1S/C18H24N4O2/c1-20-14-16(21(2)18(24)22(3)17(14)23)19-15(20)11-7-12-9-4-5-10(6-9)13(12)8-11/h9-13H,4-8H2,1-3H3/t9-,10-,12-,13-/m0/s1. The number of hydrogen-bond donors (Lipinski definition) is 0. The van der Waals surface area contributed by atoms with Crippen LogP contribution in [-0.2, 0) is 21.1 Å². The summed E-state index contributed by atoms with van der Waals surface area (Å²) >= 11 is 0. The monoisotopic (exact) mass is 328 g/mol. The van der Waals surface area contributed by atoms with E-state index in [0.29, 0.717) is 17.1 Å². The molecule has 2 bridgehead atoms. The number of aryl methyl sites for hydroxylation is 2. The first-order valence-corrected chi connectivity index (χ1v) is 9.09. The lowest BCUT2D eigenvalue weighted by Crippen LogP contribution is -2.37. The molecule has 0 aromatic carbocycles. The second-order valence-corrected chi connectivity index (χ2v) is 8.24. The van der Waals surface area contributed by atoms with Gasteiger partial charge in [-0.3, -0.25) is 13.9 Å². The molecule has 2 aromatic heterocycles. The molecule has 0 unspecified atom stereocenters. The van der Waals surface area contributed by atoms with Crippen LogP contribution in [0, 0.1) is 23.7 Å². The van der Waals surface area contributed by atoms with Gasteiger partial charge in [0.2, 0.25) is 0 Å². The van der Waals surface area contributed by atoms with Gasteiger partial charge in [0, 0.05) is 27.1 Å². The Balaban J connectivity index is 1.63. The Morgan fingerprint density at radius 2 is 1.50 bits per heavy atom. The van der Waals surface area contributed by atoms with Crippen LogP contribution in [0.1, 0.15) is 43.8 Å². The van der Waals surface area contributed by atoms with Crippen LogP contribution in [0.2, 0.25) is 0 Å². The maximum absolute atomic E-state index is 12.5. The minimum absolute atomic E-state index is 0.243. The van der Waals surface area contributed by atoms with Crippen molar-refractivity contribution >= 4 is 11.2 Å². The molecule has 3 aliphatic rings. The largest absolute Gasteiger partial charge is 0.332 e. The Hall–Kier alpha value is -1.85. The highest BCUT2D eigenvalue weighted by molar-refractivity contribution is 5.71. The van der Waals surface area contributed by atoms with E-state index >= 15 is 0 Å². The zero-order valence-corrected chi connectivity index (χ0v) is 14.5. The van der Waals surface area contributed by atoms with Crippen molar-refractivity contribution in [3.05, 3.63) is 26.7 Å². The van der Waals surface area contributed by atoms with Gasteiger partial charge in [-0.05, 0) is 55.8 Å². The number of rotatable bonds is 1. The molecule has 3 fully saturated rings. The van der Waals surface area contributed by atoms with Gasteiger partial charge in [0.15, 0.2) is 11.2 Å². The van der Waals surface area contributed by atoms with Crippen molar-refractivity contribution in [2.45, 2.75) is 38.0 Å². The van der Waals surface area contributed by atoms with Crippen molar-refractivity contribution in [3.63, 3.8) is 0 Å². The maximum Gasteiger partial charge on any atom is 0.332 e. The first-order chi connectivity index (χ1) is 11.5. The lowest BCUT2D eigenvalue weighted by molar-refractivity contribution is 0.259. The summed E-state index contributed by atoms with van der Waals surface area (Å²) in [6.45, 7) is 0. The quantitative estimate of drug-likeness (QED) is 0.797. The van der Waals surface area contributed by atoms with Crippen LogP contribution in [0.4, 0.5) is 0 Å². The SMILES string of the molecule is Cn1c(=O)c2c(nc(C3C[C@H]4[C@H]5CC[C@@H](C5)[C@@H]4C3)n2C)n(C)c1=O. The van der Waals surface area contributed by atoms with Crippen molar-refractivity contribution in [2.75, 3.05) is 0 Å². The van der Waals surface area contributed by atoms with Crippen molar-refractivity contribution < 1.29 is 0 Å². The van der Waals surface area contributed by atoms with E-state index in [1.807, 2.05) is 11.6 Å². The Morgan fingerprint density at radius 3 is 2.12 bits per heavy atom. The molecule has 0 saturated heterocycles. The van der Waals surface area contributed by atoms with Crippen LogP contribution in [0.25, 0.3) is 11.2 Å². The van der Waals surface area contributed by atoms with Crippen molar-refractivity contribution in [1.82, 2.24) is 18.7 Å². The Labute approximate surface area is 140 Å². The van der Waals surface area contributed by atoms with Gasteiger partial charge in [-0.1, -0.05) is 0 Å². The molecular formula is C18H24N4O2. The second kappa shape index (κ2) is 4.61. The van der Waals surface area contributed by atoms with Crippen LogP contribution < -0.4 is 11.2 Å². The number of fused-ring (bicyclic) bond motifs is 6. The molecule has 0 aliphatic heterocycles. The topological polar surface area (TPSA) is 61.8 Å². The lowest BCUT2D eigenvalue weighted by atomic mass is 9.82. The molecule has 2 heterocycles. The molecule has 4 atom stereocenters. The summed E-state index contributed by atoms with van der Waals surface area (Å²) < 4.78 is 4.63. The third-order valence-electron chi connectivity index (χ3n) is 7.26. The van der Waals surface area contributed by atoms with Crippen molar-refractivity contribution in [1.29, 1.82) is 0 Å². The summed E-state index contributed by atoms with van der Waals surface area (Å²) in [5.41, 5.74) is 0.529. The van der Waals surface area contributed by atoms with Crippen LogP contribution in [0.5, 0.6) is 0 Å². The fourth-order valence-electron chi connectivity index (χ4n) is 6.13. The summed E-state index contributed by atoms with van der Waals surface area (Å²) in [7, 11) is 5.16. The van der Waals surface area contributed by atoms with Crippen LogP contribution >= 0.6 is 0 Å². The highest BCUT2D eigenvalue weighted by Gasteiger charge is 2.52. The van der Waals surface area contributed by atoms with Gasteiger partial charge in [-0.15, -0.1) is 0 Å². The average Bonchev–Trinajstić information content (AvgIpc) is 3.30. The molecule has 5 rings (SSSR count). The molecule has 3 saturated carbocycles. The van der Waals surface area contributed by atoms with E-state index in [0.717, 1.165) is 29.5 Å². The third kappa shape index (κ3) is 1.64. The number of aromatic nitrogens is 4. The van der Waals surface area contributed by atoms with Crippen molar-refractivity contribution in [3.8, 4) is 0 Å². The van der Waals surface area contributed by atoms with Crippen LogP contribution in [-0.4, -0.2) is 18.7 Å². The third-order valence-corrected chi connectivity index (χ3v) is 7.26. The van der Waals surface area contributed by atoms with E-state index in [1.54, 1.807) is 7.05 Å². The normalized spacial score (nSPS) is 34.4. The summed E-state index contributed by atoms with van der Waals surface area (Å²) in [5.74, 6) is 5.01. The zero-order valence-electron chi connectivity index (χ0n) is 14.5. The summed E-state index contributed by atoms with van der Waals surface area (Å²) in [5, 5.41) is 0. The highest BCUT2D eigenvalue weighted by Crippen LogP contribution is 2.61. The van der Waals surface area contributed by atoms with Gasteiger partial charge in [0.25, 0.3) is 5.56 Å². The molecule has 3 aliphatic carbocycles. The smallest absolute Gasteiger partial charge is 0.325 e. The fourth-order valence-corrected chi connectivity index (χ4v) is 6.13. The average molecular weight is 328 g/mol. The minimum atomic E-state index is -0.307. The van der Waals surface area contributed by atoms with Gasteiger partial charge in [0.05, 0.1) is 0 Å². The molecule has 0 spiro atoms. The van der Waals surface area contributed by atoms with E-state index in [2.05, 4.69) is 0 Å². The molecule has 128 valence electrons. The van der Waals surface area contributed by atoms with Gasteiger partial charge in [-0.25, -0.2) is 9.78 Å². The molecule has 0 amide bonds. The molecular weight excluding hydrogens is 304 g/mol. The molecule has 6 nitrogen and oxygen atoms in total. The Bertz CT molecular complexity index is 948. The molecule has 24 heavy (non-hydrogen) atoms.